The number of amides is 1. The lowest BCUT2D eigenvalue weighted by molar-refractivity contribution is 0.0817. The van der Waals surface area contributed by atoms with Gasteiger partial charge in [0.25, 0.3) is 5.91 Å². The molecule has 1 amide bonds. The molecule has 1 fully saturated rings. The van der Waals surface area contributed by atoms with Gasteiger partial charge in [-0.1, -0.05) is 11.6 Å². The highest BCUT2D eigenvalue weighted by atomic mass is 35.5. The summed E-state index contributed by atoms with van der Waals surface area (Å²) in [5, 5.41) is 6.56. The molecule has 0 spiro atoms. The Labute approximate surface area is 182 Å². The van der Waals surface area contributed by atoms with Gasteiger partial charge in [-0.25, -0.2) is 4.98 Å². The van der Waals surface area contributed by atoms with Crippen molar-refractivity contribution in [2.45, 2.75) is 26.4 Å². The molecule has 0 unspecified atom stereocenters. The average molecular weight is 430 g/mol. The number of carbonyl (C=O) groups excluding carboxylic acids is 1. The van der Waals surface area contributed by atoms with Gasteiger partial charge in [-0.3, -0.25) is 9.69 Å². The summed E-state index contributed by atoms with van der Waals surface area (Å²) in [5.41, 5.74) is 3.61. The SMILES string of the molecule is CNc1ncc(Cl)c(Nc2ccc(N3CCN(C(C)C)CC3)c3c2C(=O)N(C)C3)n1. The number of hydrogen-bond acceptors (Lipinski definition) is 7. The molecule has 1 aromatic carbocycles. The topological polar surface area (TPSA) is 76.6 Å². The molecule has 30 heavy (non-hydrogen) atoms. The number of carbonyl (C=O) groups is 1. The van der Waals surface area contributed by atoms with E-state index >= 15 is 0 Å². The van der Waals surface area contributed by atoms with Crippen LogP contribution in [0.2, 0.25) is 5.02 Å². The summed E-state index contributed by atoms with van der Waals surface area (Å²) in [4.78, 5) is 28.1. The van der Waals surface area contributed by atoms with Crippen molar-refractivity contribution < 1.29 is 4.79 Å². The van der Waals surface area contributed by atoms with Crippen LogP contribution in [-0.4, -0.2) is 72.0 Å². The Kier molecular flexibility index (Phi) is 5.71. The maximum atomic E-state index is 13.0. The van der Waals surface area contributed by atoms with Crippen LogP contribution in [0.25, 0.3) is 0 Å². The van der Waals surface area contributed by atoms with Crippen molar-refractivity contribution >= 4 is 40.6 Å². The molecule has 2 aromatic rings. The normalized spacial score (nSPS) is 16.9. The minimum Gasteiger partial charge on any atom is -0.369 e. The fraction of sp³-hybridized carbons (Fsp3) is 0.476. The van der Waals surface area contributed by atoms with E-state index in [0.29, 0.717) is 40.6 Å². The van der Waals surface area contributed by atoms with Gasteiger partial charge in [0, 0.05) is 64.1 Å². The lowest BCUT2D eigenvalue weighted by Gasteiger charge is -2.38. The zero-order valence-corrected chi connectivity index (χ0v) is 18.6. The number of anilines is 4. The predicted molar refractivity (Wildman–Crippen MR) is 121 cm³/mol. The molecule has 1 saturated heterocycles. The highest BCUT2D eigenvalue weighted by molar-refractivity contribution is 6.33. The molecule has 0 radical (unpaired) electrons. The van der Waals surface area contributed by atoms with E-state index in [2.05, 4.69) is 50.3 Å². The van der Waals surface area contributed by atoms with Crippen molar-refractivity contribution in [3.8, 4) is 0 Å². The number of hydrogen-bond donors (Lipinski definition) is 2. The third-order valence-electron chi connectivity index (χ3n) is 5.85. The summed E-state index contributed by atoms with van der Waals surface area (Å²) in [5.74, 6) is 0.940. The first-order valence-electron chi connectivity index (χ1n) is 10.3. The Morgan fingerprint density at radius 1 is 1.17 bits per heavy atom. The molecule has 9 heteroatoms. The first kappa shape index (κ1) is 20.7. The van der Waals surface area contributed by atoms with E-state index in [1.165, 1.54) is 0 Å². The number of rotatable bonds is 5. The Morgan fingerprint density at radius 2 is 1.90 bits per heavy atom. The Bertz CT molecular complexity index is 957. The number of nitrogens with zero attached hydrogens (tertiary/aromatic N) is 5. The van der Waals surface area contributed by atoms with E-state index in [-0.39, 0.29) is 5.91 Å². The van der Waals surface area contributed by atoms with Gasteiger partial charge in [0.1, 0.15) is 5.02 Å². The van der Waals surface area contributed by atoms with Crippen LogP contribution >= 0.6 is 11.6 Å². The van der Waals surface area contributed by atoms with E-state index in [1.54, 1.807) is 18.1 Å². The van der Waals surface area contributed by atoms with Crippen LogP contribution in [0.15, 0.2) is 18.3 Å². The van der Waals surface area contributed by atoms with Gasteiger partial charge in [0.15, 0.2) is 5.82 Å². The lowest BCUT2D eigenvalue weighted by Crippen LogP contribution is -2.49. The van der Waals surface area contributed by atoms with Crippen molar-refractivity contribution in [2.75, 3.05) is 55.8 Å². The van der Waals surface area contributed by atoms with Gasteiger partial charge in [-0.15, -0.1) is 0 Å². The maximum Gasteiger partial charge on any atom is 0.256 e. The molecule has 0 bridgehead atoms. The fourth-order valence-corrected chi connectivity index (χ4v) is 4.26. The molecule has 8 nitrogen and oxygen atoms in total. The summed E-state index contributed by atoms with van der Waals surface area (Å²) in [7, 11) is 3.58. The van der Waals surface area contributed by atoms with Crippen LogP contribution in [0.4, 0.5) is 23.1 Å². The number of piperazine rings is 1. The molecular weight excluding hydrogens is 402 g/mol. The summed E-state index contributed by atoms with van der Waals surface area (Å²) < 4.78 is 0. The molecule has 0 saturated carbocycles. The quantitative estimate of drug-likeness (QED) is 0.756. The molecule has 4 rings (SSSR count). The van der Waals surface area contributed by atoms with Crippen LogP contribution in [0.5, 0.6) is 0 Å². The van der Waals surface area contributed by atoms with E-state index in [0.717, 1.165) is 37.4 Å². The zero-order chi connectivity index (χ0) is 21.4. The average Bonchev–Trinajstić information content (AvgIpc) is 3.04. The van der Waals surface area contributed by atoms with E-state index in [4.69, 9.17) is 11.6 Å². The lowest BCUT2D eigenvalue weighted by atomic mass is 10.0. The Morgan fingerprint density at radius 3 is 2.57 bits per heavy atom. The van der Waals surface area contributed by atoms with E-state index in [9.17, 15) is 4.79 Å². The van der Waals surface area contributed by atoms with E-state index < -0.39 is 0 Å². The van der Waals surface area contributed by atoms with Crippen LogP contribution in [-0.2, 0) is 6.54 Å². The van der Waals surface area contributed by atoms with Crippen molar-refractivity contribution in [2.24, 2.45) is 0 Å². The molecule has 2 N–H and O–H groups in total. The second-order valence-electron chi connectivity index (χ2n) is 8.03. The predicted octanol–water partition coefficient (Wildman–Crippen LogP) is 3.03. The van der Waals surface area contributed by atoms with E-state index in [1.807, 2.05) is 13.1 Å². The van der Waals surface area contributed by atoms with Gasteiger partial charge in [0.05, 0.1) is 17.4 Å². The summed E-state index contributed by atoms with van der Waals surface area (Å²) in [6.07, 6.45) is 1.54. The summed E-state index contributed by atoms with van der Waals surface area (Å²) >= 11 is 6.29. The summed E-state index contributed by atoms with van der Waals surface area (Å²) in [6.45, 7) is 9.04. The Hall–Kier alpha value is -2.58. The first-order chi connectivity index (χ1) is 14.4. The third kappa shape index (κ3) is 3.77. The van der Waals surface area contributed by atoms with Crippen molar-refractivity contribution in [3.05, 3.63) is 34.5 Å². The van der Waals surface area contributed by atoms with Crippen molar-refractivity contribution in [1.82, 2.24) is 19.8 Å². The van der Waals surface area contributed by atoms with Crippen LogP contribution in [0, 0.1) is 0 Å². The standard InChI is InChI=1S/C21H28ClN7O/c1-13(2)28-7-9-29(10-8-28)17-6-5-16(18-14(17)12-27(4)20(18)30)25-19-15(22)11-24-21(23-3)26-19/h5-6,11,13H,7-10,12H2,1-4H3,(H2,23,24,25,26). The molecule has 0 aliphatic carbocycles. The van der Waals surface area contributed by atoms with Crippen LogP contribution in [0.1, 0.15) is 29.8 Å². The van der Waals surface area contributed by atoms with Gasteiger partial charge in [-0.2, -0.15) is 4.98 Å². The smallest absolute Gasteiger partial charge is 0.256 e. The monoisotopic (exact) mass is 429 g/mol. The maximum absolute atomic E-state index is 13.0. The molecule has 2 aliphatic heterocycles. The highest BCUT2D eigenvalue weighted by Crippen LogP contribution is 2.38. The Balaban J connectivity index is 1.67. The number of benzene rings is 1. The van der Waals surface area contributed by atoms with Crippen molar-refractivity contribution in [1.29, 1.82) is 0 Å². The van der Waals surface area contributed by atoms with Crippen LogP contribution < -0.4 is 15.5 Å². The minimum absolute atomic E-state index is 0.00850. The highest BCUT2D eigenvalue weighted by Gasteiger charge is 2.32. The van der Waals surface area contributed by atoms with Crippen LogP contribution in [0.3, 0.4) is 0 Å². The van der Waals surface area contributed by atoms with Gasteiger partial charge >= 0.3 is 0 Å². The molecule has 1 aromatic heterocycles. The first-order valence-corrected chi connectivity index (χ1v) is 10.6. The second-order valence-corrected chi connectivity index (χ2v) is 8.44. The number of nitrogens with one attached hydrogen (secondary N) is 2. The minimum atomic E-state index is 0.00850. The van der Waals surface area contributed by atoms with Gasteiger partial charge in [0.2, 0.25) is 5.95 Å². The molecule has 2 aliphatic rings. The van der Waals surface area contributed by atoms with Crippen molar-refractivity contribution in [3.63, 3.8) is 0 Å². The third-order valence-corrected chi connectivity index (χ3v) is 6.13. The number of fused-ring (bicyclic) bond motifs is 1. The molecule has 3 heterocycles. The largest absolute Gasteiger partial charge is 0.369 e. The number of aromatic nitrogens is 2. The summed E-state index contributed by atoms with van der Waals surface area (Å²) in [6, 6.07) is 4.61. The van der Waals surface area contributed by atoms with Gasteiger partial charge in [-0.05, 0) is 26.0 Å². The molecule has 160 valence electrons. The number of halogens is 1. The van der Waals surface area contributed by atoms with Gasteiger partial charge < -0.3 is 20.4 Å². The molecule has 0 atom stereocenters. The zero-order valence-electron chi connectivity index (χ0n) is 17.9. The molecular formula is C21H28ClN7O. The second kappa shape index (κ2) is 8.28. The fourth-order valence-electron chi connectivity index (χ4n) is 4.12.